The minimum Gasteiger partial charge on any atom is -0.388 e. The van der Waals surface area contributed by atoms with Crippen LogP contribution in [0.2, 0.25) is 5.02 Å². The molecule has 4 heteroatoms. The van der Waals surface area contributed by atoms with Crippen LogP contribution in [0, 0.1) is 0 Å². The smallest absolute Gasteiger partial charge is 0.250 e. The summed E-state index contributed by atoms with van der Waals surface area (Å²) in [6.07, 6.45) is 0.239. The summed E-state index contributed by atoms with van der Waals surface area (Å²) >= 11 is 6.04. The van der Waals surface area contributed by atoms with Crippen molar-refractivity contribution >= 4 is 17.5 Å². The van der Waals surface area contributed by atoms with Crippen molar-refractivity contribution in [3.63, 3.8) is 0 Å². The maximum atomic E-state index is 11.1. The molecule has 0 aliphatic rings. The summed E-state index contributed by atoms with van der Waals surface area (Å²) in [5.74, 6) is -0.539. The van der Waals surface area contributed by atoms with E-state index in [-0.39, 0.29) is 0 Å². The molecular formula is C16H16ClNO2. The summed E-state index contributed by atoms with van der Waals surface area (Å²) < 4.78 is 0. The van der Waals surface area contributed by atoms with Gasteiger partial charge >= 0.3 is 0 Å². The van der Waals surface area contributed by atoms with Gasteiger partial charge in [-0.3, -0.25) is 4.79 Å². The highest BCUT2D eigenvalue weighted by atomic mass is 35.5. The molecule has 1 atom stereocenters. The highest BCUT2D eigenvalue weighted by Gasteiger charge is 2.09. The van der Waals surface area contributed by atoms with E-state index in [4.69, 9.17) is 17.3 Å². The lowest BCUT2D eigenvalue weighted by Gasteiger charge is -2.10. The normalized spacial score (nSPS) is 12.2. The fourth-order valence-corrected chi connectivity index (χ4v) is 2.30. The number of rotatable bonds is 4. The third kappa shape index (κ3) is 3.00. The Morgan fingerprint density at radius 3 is 2.30 bits per heavy atom. The fourth-order valence-electron chi connectivity index (χ4n) is 2.03. The number of carbonyl (C=O) groups excluding carboxylic acids is 1. The zero-order chi connectivity index (χ0) is 14.7. The van der Waals surface area contributed by atoms with E-state index in [1.54, 1.807) is 18.2 Å². The molecule has 0 saturated carbocycles. The molecule has 0 aromatic heterocycles. The van der Waals surface area contributed by atoms with Crippen molar-refractivity contribution in [1.82, 2.24) is 0 Å². The van der Waals surface area contributed by atoms with Crippen LogP contribution in [0.15, 0.2) is 42.5 Å². The average Bonchev–Trinajstić information content (AvgIpc) is 2.46. The van der Waals surface area contributed by atoms with Crippen molar-refractivity contribution < 1.29 is 9.90 Å². The molecule has 3 N–H and O–H groups in total. The number of hydrogen-bond acceptors (Lipinski definition) is 2. The number of halogens is 1. The molecule has 20 heavy (non-hydrogen) atoms. The standard InChI is InChI=1S/C16H16ClNO2/c1-2-15(19)11-5-3-10(4-6-11)12-7-8-13(16(18)20)14(17)9-12/h3-9,15,19H,2H2,1H3,(H2,18,20)/t15-/m1/s1. The Morgan fingerprint density at radius 1 is 1.20 bits per heavy atom. The second-order valence-corrected chi connectivity index (χ2v) is 5.01. The van der Waals surface area contributed by atoms with Gasteiger partial charge in [-0.25, -0.2) is 0 Å². The van der Waals surface area contributed by atoms with Gasteiger partial charge in [0.25, 0.3) is 0 Å². The number of amides is 1. The second kappa shape index (κ2) is 6.07. The number of aliphatic hydroxyl groups is 1. The number of hydrogen-bond donors (Lipinski definition) is 2. The van der Waals surface area contributed by atoms with E-state index in [9.17, 15) is 9.90 Å². The van der Waals surface area contributed by atoms with Crippen molar-refractivity contribution in [1.29, 1.82) is 0 Å². The first-order valence-corrected chi connectivity index (χ1v) is 6.78. The van der Waals surface area contributed by atoms with Crippen molar-refractivity contribution in [3.05, 3.63) is 58.6 Å². The Bertz CT molecular complexity index is 623. The SMILES string of the molecule is CC[C@@H](O)c1ccc(-c2ccc(C(N)=O)c(Cl)c2)cc1. The van der Waals surface area contributed by atoms with Crippen LogP contribution >= 0.6 is 11.6 Å². The molecule has 2 aromatic rings. The van der Waals surface area contributed by atoms with Crippen molar-refractivity contribution in [2.45, 2.75) is 19.4 Å². The summed E-state index contributed by atoms with van der Waals surface area (Å²) in [6, 6.07) is 12.8. The zero-order valence-electron chi connectivity index (χ0n) is 11.1. The van der Waals surface area contributed by atoms with Crippen molar-refractivity contribution in [3.8, 4) is 11.1 Å². The van der Waals surface area contributed by atoms with Crippen LogP contribution in [-0.4, -0.2) is 11.0 Å². The molecule has 0 bridgehead atoms. The van der Waals surface area contributed by atoms with E-state index in [0.717, 1.165) is 16.7 Å². The summed E-state index contributed by atoms with van der Waals surface area (Å²) in [6.45, 7) is 1.93. The molecule has 2 aromatic carbocycles. The Labute approximate surface area is 123 Å². The molecule has 104 valence electrons. The molecule has 0 heterocycles. The zero-order valence-corrected chi connectivity index (χ0v) is 11.9. The van der Waals surface area contributed by atoms with Gasteiger partial charge in [0.1, 0.15) is 0 Å². The largest absolute Gasteiger partial charge is 0.388 e. The van der Waals surface area contributed by atoms with Gasteiger partial charge in [-0.05, 0) is 35.2 Å². The van der Waals surface area contributed by atoms with Crippen LogP contribution < -0.4 is 5.73 Å². The minimum atomic E-state index is -0.539. The molecule has 0 fully saturated rings. The summed E-state index contributed by atoms with van der Waals surface area (Å²) in [7, 11) is 0. The summed E-state index contributed by atoms with van der Waals surface area (Å²) in [5, 5.41) is 10.1. The van der Waals surface area contributed by atoms with E-state index in [1.165, 1.54) is 0 Å². The molecule has 0 unspecified atom stereocenters. The van der Waals surface area contributed by atoms with Crippen LogP contribution in [0.5, 0.6) is 0 Å². The quantitative estimate of drug-likeness (QED) is 0.904. The van der Waals surface area contributed by atoms with Gasteiger partial charge in [-0.15, -0.1) is 0 Å². The molecule has 0 saturated heterocycles. The third-order valence-corrected chi connectivity index (χ3v) is 3.56. The van der Waals surface area contributed by atoms with Gasteiger partial charge in [-0.2, -0.15) is 0 Å². The van der Waals surface area contributed by atoms with Crippen LogP contribution in [-0.2, 0) is 0 Å². The van der Waals surface area contributed by atoms with E-state index in [0.29, 0.717) is 17.0 Å². The maximum absolute atomic E-state index is 11.1. The lowest BCUT2D eigenvalue weighted by atomic mass is 10.00. The van der Waals surface area contributed by atoms with Crippen molar-refractivity contribution in [2.75, 3.05) is 0 Å². The molecule has 1 amide bonds. The highest BCUT2D eigenvalue weighted by Crippen LogP contribution is 2.27. The molecule has 0 spiro atoms. The lowest BCUT2D eigenvalue weighted by Crippen LogP contribution is -2.11. The Hall–Kier alpha value is -1.84. The minimum absolute atomic E-state index is 0.313. The van der Waals surface area contributed by atoms with E-state index < -0.39 is 12.0 Å². The second-order valence-electron chi connectivity index (χ2n) is 4.60. The first kappa shape index (κ1) is 14.6. The lowest BCUT2D eigenvalue weighted by molar-refractivity contribution is 0.100. The predicted molar refractivity (Wildman–Crippen MR) is 80.7 cm³/mol. The Morgan fingerprint density at radius 2 is 1.80 bits per heavy atom. The first-order chi connectivity index (χ1) is 9.52. The maximum Gasteiger partial charge on any atom is 0.250 e. The average molecular weight is 290 g/mol. The number of aliphatic hydroxyl groups excluding tert-OH is 1. The van der Waals surface area contributed by atoms with Gasteiger partial charge in [0, 0.05) is 0 Å². The molecular weight excluding hydrogens is 274 g/mol. The van der Waals surface area contributed by atoms with Crippen LogP contribution in [0.25, 0.3) is 11.1 Å². The molecule has 0 aliphatic heterocycles. The number of nitrogens with two attached hydrogens (primary N) is 1. The van der Waals surface area contributed by atoms with E-state index in [1.807, 2.05) is 31.2 Å². The van der Waals surface area contributed by atoms with Crippen LogP contribution in [0.4, 0.5) is 0 Å². The first-order valence-electron chi connectivity index (χ1n) is 6.40. The molecule has 3 nitrogen and oxygen atoms in total. The highest BCUT2D eigenvalue weighted by molar-refractivity contribution is 6.34. The summed E-state index contributed by atoms with van der Waals surface area (Å²) in [5.41, 5.74) is 8.29. The van der Waals surface area contributed by atoms with Gasteiger partial charge < -0.3 is 10.8 Å². The fraction of sp³-hybridized carbons (Fsp3) is 0.188. The molecule has 0 radical (unpaired) electrons. The molecule has 0 aliphatic carbocycles. The third-order valence-electron chi connectivity index (χ3n) is 3.25. The van der Waals surface area contributed by atoms with E-state index >= 15 is 0 Å². The number of carbonyl (C=O) groups is 1. The monoisotopic (exact) mass is 289 g/mol. The van der Waals surface area contributed by atoms with Crippen LogP contribution in [0.3, 0.4) is 0 Å². The topological polar surface area (TPSA) is 63.3 Å². The number of benzene rings is 2. The van der Waals surface area contributed by atoms with Gasteiger partial charge in [-0.1, -0.05) is 48.9 Å². The van der Waals surface area contributed by atoms with Gasteiger partial charge in [0.2, 0.25) is 5.91 Å². The molecule has 2 rings (SSSR count). The van der Waals surface area contributed by atoms with E-state index in [2.05, 4.69) is 0 Å². The van der Waals surface area contributed by atoms with Crippen LogP contribution in [0.1, 0.15) is 35.4 Å². The van der Waals surface area contributed by atoms with Crippen molar-refractivity contribution in [2.24, 2.45) is 5.73 Å². The Balaban J connectivity index is 2.32. The Kier molecular flexibility index (Phi) is 4.42. The van der Waals surface area contributed by atoms with Gasteiger partial charge in [0.05, 0.1) is 16.7 Å². The number of primary amides is 1. The predicted octanol–water partition coefficient (Wildman–Crippen LogP) is 3.55. The summed E-state index contributed by atoms with van der Waals surface area (Å²) in [4.78, 5) is 11.1. The van der Waals surface area contributed by atoms with Gasteiger partial charge in [0.15, 0.2) is 0 Å².